The summed E-state index contributed by atoms with van der Waals surface area (Å²) in [6, 6.07) is 2.23. The van der Waals surface area contributed by atoms with Crippen molar-refractivity contribution in [3.05, 3.63) is 33.6 Å². The summed E-state index contributed by atoms with van der Waals surface area (Å²) < 4.78 is 13.6. The molecule has 0 amide bonds. The maximum atomic E-state index is 13.6. The Balaban J connectivity index is 3.31. The minimum Gasteiger partial charge on any atom is -0.323 e. The van der Waals surface area contributed by atoms with E-state index in [9.17, 15) is 4.39 Å². The first kappa shape index (κ1) is 12.8. The van der Waals surface area contributed by atoms with Crippen LogP contribution in [0.5, 0.6) is 0 Å². The van der Waals surface area contributed by atoms with Crippen LogP contribution in [0.3, 0.4) is 0 Å². The quantitative estimate of drug-likeness (QED) is 0.743. The Morgan fingerprint density at radius 1 is 1.27 bits per heavy atom. The summed E-state index contributed by atoms with van der Waals surface area (Å²) in [7, 11) is 0. The molecule has 0 unspecified atom stereocenters. The molecule has 0 saturated carbocycles. The van der Waals surface area contributed by atoms with E-state index in [-0.39, 0.29) is 16.0 Å². The number of nitrogens with two attached hydrogens (primary N) is 1. The molecule has 1 atom stereocenters. The largest absolute Gasteiger partial charge is 0.323 e. The van der Waals surface area contributed by atoms with E-state index in [1.165, 1.54) is 12.1 Å². The highest BCUT2D eigenvalue weighted by molar-refractivity contribution is 6.42. The lowest BCUT2D eigenvalue weighted by atomic mass is 9.83. The van der Waals surface area contributed by atoms with Gasteiger partial charge in [0.05, 0.1) is 10.0 Å². The van der Waals surface area contributed by atoms with E-state index in [0.717, 1.165) is 0 Å². The predicted octanol–water partition coefficient (Wildman–Crippen LogP) is 4.18. The van der Waals surface area contributed by atoms with Crippen molar-refractivity contribution in [3.63, 3.8) is 0 Å². The van der Waals surface area contributed by atoms with Gasteiger partial charge in [0.25, 0.3) is 0 Å². The van der Waals surface area contributed by atoms with Crippen LogP contribution in [0.4, 0.5) is 4.39 Å². The monoisotopic (exact) mass is 249 g/mol. The van der Waals surface area contributed by atoms with E-state index in [2.05, 4.69) is 0 Å². The third-order valence-electron chi connectivity index (χ3n) is 2.32. The first-order valence-corrected chi connectivity index (χ1v) is 5.39. The van der Waals surface area contributed by atoms with Crippen molar-refractivity contribution < 1.29 is 4.39 Å². The molecule has 84 valence electrons. The molecular weight excluding hydrogens is 236 g/mol. The van der Waals surface area contributed by atoms with Crippen molar-refractivity contribution in [2.75, 3.05) is 0 Å². The van der Waals surface area contributed by atoms with E-state index in [4.69, 9.17) is 28.9 Å². The van der Waals surface area contributed by atoms with Gasteiger partial charge in [-0.05, 0) is 17.5 Å². The zero-order chi connectivity index (χ0) is 11.8. The van der Waals surface area contributed by atoms with Gasteiger partial charge in [-0.2, -0.15) is 0 Å². The fourth-order valence-corrected chi connectivity index (χ4v) is 1.70. The molecule has 0 aliphatic heterocycles. The van der Waals surface area contributed by atoms with Crippen LogP contribution in [0.1, 0.15) is 32.4 Å². The van der Waals surface area contributed by atoms with Gasteiger partial charge in [0.2, 0.25) is 0 Å². The van der Waals surface area contributed by atoms with Gasteiger partial charge in [0.15, 0.2) is 0 Å². The SMILES string of the molecule is CC(C)(C)[C@H](N)c1c(F)ccc(Cl)c1Cl. The number of benzene rings is 1. The zero-order valence-corrected chi connectivity index (χ0v) is 10.5. The summed E-state index contributed by atoms with van der Waals surface area (Å²) in [6.45, 7) is 5.77. The Hall–Kier alpha value is -0.310. The summed E-state index contributed by atoms with van der Waals surface area (Å²) in [5.41, 5.74) is 5.98. The average Bonchev–Trinajstić information content (AvgIpc) is 2.10. The predicted molar refractivity (Wildman–Crippen MR) is 62.8 cm³/mol. The van der Waals surface area contributed by atoms with Crippen molar-refractivity contribution in [3.8, 4) is 0 Å². The Labute approximate surface area is 99.4 Å². The van der Waals surface area contributed by atoms with Crippen LogP contribution in [-0.4, -0.2) is 0 Å². The molecule has 0 saturated heterocycles. The molecule has 0 aliphatic rings. The molecule has 15 heavy (non-hydrogen) atoms. The minimum absolute atomic E-state index is 0.207. The van der Waals surface area contributed by atoms with Crippen LogP contribution < -0.4 is 5.73 Å². The molecule has 2 N–H and O–H groups in total. The van der Waals surface area contributed by atoms with E-state index in [0.29, 0.717) is 5.02 Å². The average molecular weight is 250 g/mol. The number of rotatable bonds is 1. The van der Waals surface area contributed by atoms with Gasteiger partial charge < -0.3 is 5.73 Å². The lowest BCUT2D eigenvalue weighted by Gasteiger charge is -2.28. The second kappa shape index (κ2) is 4.28. The summed E-state index contributed by atoms with van der Waals surface area (Å²) in [6.07, 6.45) is 0. The normalized spacial score (nSPS) is 14.1. The van der Waals surface area contributed by atoms with Gasteiger partial charge >= 0.3 is 0 Å². The highest BCUT2D eigenvalue weighted by Crippen LogP contribution is 2.38. The van der Waals surface area contributed by atoms with Gasteiger partial charge in [0, 0.05) is 11.6 Å². The molecule has 0 spiro atoms. The smallest absolute Gasteiger partial charge is 0.129 e. The van der Waals surface area contributed by atoms with E-state index < -0.39 is 11.9 Å². The number of hydrogen-bond acceptors (Lipinski definition) is 1. The molecule has 1 aromatic carbocycles. The van der Waals surface area contributed by atoms with Crippen molar-refractivity contribution in [1.29, 1.82) is 0 Å². The Bertz CT molecular complexity index is 372. The number of halogens is 3. The maximum Gasteiger partial charge on any atom is 0.129 e. The highest BCUT2D eigenvalue weighted by Gasteiger charge is 2.27. The van der Waals surface area contributed by atoms with E-state index in [1.807, 2.05) is 20.8 Å². The van der Waals surface area contributed by atoms with Gasteiger partial charge in [-0.3, -0.25) is 0 Å². The molecule has 0 aliphatic carbocycles. The van der Waals surface area contributed by atoms with Crippen LogP contribution >= 0.6 is 23.2 Å². The van der Waals surface area contributed by atoms with Crippen LogP contribution in [0.25, 0.3) is 0 Å². The molecule has 0 bridgehead atoms. The third-order valence-corrected chi connectivity index (χ3v) is 3.14. The minimum atomic E-state index is -0.483. The standard InChI is InChI=1S/C11H14Cl2FN/c1-11(2,3)10(15)8-7(14)5-4-6(12)9(8)13/h4-5,10H,15H2,1-3H3/t10-/m1/s1. The molecule has 1 nitrogen and oxygen atoms in total. The van der Waals surface area contributed by atoms with Crippen molar-refractivity contribution >= 4 is 23.2 Å². The van der Waals surface area contributed by atoms with Crippen molar-refractivity contribution in [2.24, 2.45) is 11.1 Å². The molecule has 0 heterocycles. The van der Waals surface area contributed by atoms with Crippen LogP contribution in [0.15, 0.2) is 12.1 Å². The molecule has 4 heteroatoms. The zero-order valence-electron chi connectivity index (χ0n) is 8.94. The number of hydrogen-bond donors (Lipinski definition) is 1. The van der Waals surface area contributed by atoms with Crippen molar-refractivity contribution in [2.45, 2.75) is 26.8 Å². The van der Waals surface area contributed by atoms with Crippen molar-refractivity contribution in [1.82, 2.24) is 0 Å². The summed E-state index contributed by atoms with van der Waals surface area (Å²) >= 11 is 11.8. The second-order valence-corrected chi connectivity index (χ2v) is 5.39. The highest BCUT2D eigenvalue weighted by atomic mass is 35.5. The third kappa shape index (κ3) is 2.63. The van der Waals surface area contributed by atoms with E-state index >= 15 is 0 Å². The maximum absolute atomic E-state index is 13.6. The molecule has 1 rings (SSSR count). The fraction of sp³-hybridized carbons (Fsp3) is 0.455. The molecule has 0 radical (unpaired) electrons. The molecule has 1 aromatic rings. The fourth-order valence-electron chi connectivity index (χ4n) is 1.26. The topological polar surface area (TPSA) is 26.0 Å². The Morgan fingerprint density at radius 2 is 1.80 bits per heavy atom. The molecule has 0 aromatic heterocycles. The summed E-state index contributed by atoms with van der Waals surface area (Å²) in [4.78, 5) is 0. The molecule has 0 fully saturated rings. The Kier molecular flexibility index (Phi) is 3.64. The lowest BCUT2D eigenvalue weighted by molar-refractivity contribution is 0.319. The Morgan fingerprint density at radius 3 is 2.27 bits per heavy atom. The van der Waals surface area contributed by atoms with Gasteiger partial charge in [-0.1, -0.05) is 44.0 Å². The second-order valence-electron chi connectivity index (χ2n) is 4.60. The summed E-state index contributed by atoms with van der Waals surface area (Å²) in [5, 5.41) is 0.534. The van der Waals surface area contributed by atoms with Gasteiger partial charge in [-0.15, -0.1) is 0 Å². The summed E-state index contributed by atoms with van der Waals surface area (Å²) in [5.74, 6) is -0.410. The molecular formula is C11H14Cl2FN. The lowest BCUT2D eigenvalue weighted by Crippen LogP contribution is -2.27. The van der Waals surface area contributed by atoms with E-state index in [1.54, 1.807) is 0 Å². The van der Waals surface area contributed by atoms with Crippen LogP contribution in [0, 0.1) is 11.2 Å². The van der Waals surface area contributed by atoms with Crippen LogP contribution in [0.2, 0.25) is 10.0 Å². The van der Waals surface area contributed by atoms with Crippen LogP contribution in [-0.2, 0) is 0 Å². The van der Waals surface area contributed by atoms with Gasteiger partial charge in [0.1, 0.15) is 5.82 Å². The first-order valence-electron chi connectivity index (χ1n) is 4.64. The first-order chi connectivity index (χ1) is 6.75. The van der Waals surface area contributed by atoms with Gasteiger partial charge in [-0.25, -0.2) is 4.39 Å².